The van der Waals surface area contributed by atoms with Crippen LogP contribution in [0.1, 0.15) is 39.7 Å². The number of nitrogens with one attached hydrogen (secondary N) is 3. The van der Waals surface area contributed by atoms with Gasteiger partial charge in [-0.05, 0) is 75.2 Å². The van der Waals surface area contributed by atoms with E-state index in [0.717, 1.165) is 5.75 Å². The van der Waals surface area contributed by atoms with Gasteiger partial charge in [0, 0.05) is 11.7 Å². The minimum atomic E-state index is -0.856. The molecule has 1 atom stereocenters. The third kappa shape index (κ3) is 9.36. The maximum atomic E-state index is 12.3. The van der Waals surface area contributed by atoms with Crippen molar-refractivity contribution in [3.05, 3.63) is 48.0 Å². The normalized spacial score (nSPS) is 11.4. The van der Waals surface area contributed by atoms with Crippen LogP contribution >= 0.6 is 0 Å². The monoisotopic (exact) mass is 484 g/mol. The highest BCUT2D eigenvalue weighted by molar-refractivity contribution is 6.35. The Morgan fingerprint density at radius 2 is 1.63 bits per heavy atom. The van der Waals surface area contributed by atoms with E-state index in [2.05, 4.69) is 21.2 Å². The molecule has 0 bridgehead atoms. The lowest BCUT2D eigenvalue weighted by molar-refractivity contribution is -0.139. The van der Waals surface area contributed by atoms with Gasteiger partial charge in [-0.15, -0.1) is 0 Å². The molecule has 3 N–H and O–H groups in total. The van der Waals surface area contributed by atoms with Crippen LogP contribution in [0.25, 0.3) is 0 Å². The summed E-state index contributed by atoms with van der Waals surface area (Å²) in [6.07, 6.45) is 2.08. The van der Waals surface area contributed by atoms with Crippen molar-refractivity contribution in [2.45, 2.75) is 40.2 Å². The second-order valence-corrected chi connectivity index (χ2v) is 7.42. The van der Waals surface area contributed by atoms with Crippen molar-refractivity contribution >= 4 is 29.6 Å². The van der Waals surface area contributed by atoms with E-state index in [4.69, 9.17) is 14.2 Å². The van der Waals surface area contributed by atoms with E-state index in [1.807, 2.05) is 20.8 Å². The lowest BCUT2D eigenvalue weighted by atomic mass is 10.2. The molecule has 2 rings (SSSR count). The minimum Gasteiger partial charge on any atom is -0.494 e. The summed E-state index contributed by atoms with van der Waals surface area (Å²) >= 11 is 0. The van der Waals surface area contributed by atoms with Crippen molar-refractivity contribution in [2.75, 3.05) is 25.1 Å². The maximum Gasteiger partial charge on any atom is 0.329 e. The van der Waals surface area contributed by atoms with Crippen LogP contribution in [0.2, 0.25) is 0 Å². The molecule has 0 saturated heterocycles. The average molecular weight is 485 g/mol. The Hall–Kier alpha value is -4.08. The molecule has 3 amide bonds. The molecule has 0 radical (unpaired) electrons. The molecule has 0 aliphatic heterocycles. The van der Waals surface area contributed by atoms with Crippen LogP contribution in [0, 0.1) is 0 Å². The van der Waals surface area contributed by atoms with Crippen LogP contribution in [-0.2, 0) is 14.4 Å². The Morgan fingerprint density at radius 3 is 2.29 bits per heavy atom. The summed E-state index contributed by atoms with van der Waals surface area (Å²) in [4.78, 5) is 35.8. The Kier molecular flexibility index (Phi) is 11.1. The van der Waals surface area contributed by atoms with Gasteiger partial charge in [0.15, 0.2) is 18.1 Å². The predicted molar refractivity (Wildman–Crippen MR) is 133 cm³/mol. The molecule has 0 spiro atoms. The fourth-order valence-corrected chi connectivity index (χ4v) is 2.74. The lowest BCUT2D eigenvalue weighted by Gasteiger charge is -2.13. The van der Waals surface area contributed by atoms with Crippen molar-refractivity contribution in [3.63, 3.8) is 0 Å². The molecule has 0 fully saturated rings. The molecular weight excluding hydrogens is 452 g/mol. The summed E-state index contributed by atoms with van der Waals surface area (Å²) in [6, 6.07) is 11.9. The van der Waals surface area contributed by atoms with Crippen LogP contribution < -0.4 is 30.3 Å². The van der Waals surface area contributed by atoms with Gasteiger partial charge in [-0.2, -0.15) is 5.10 Å². The number of ether oxygens (including phenoxy) is 3. The Bertz CT molecular complexity index is 1020. The van der Waals surface area contributed by atoms with E-state index in [1.165, 1.54) is 6.21 Å². The van der Waals surface area contributed by atoms with Gasteiger partial charge in [0.2, 0.25) is 0 Å². The van der Waals surface area contributed by atoms with Crippen LogP contribution in [0.5, 0.6) is 17.2 Å². The largest absolute Gasteiger partial charge is 0.494 e. The second-order valence-electron chi connectivity index (χ2n) is 7.42. The number of anilines is 1. The fraction of sp³-hybridized carbons (Fsp3) is 0.360. The first kappa shape index (κ1) is 27.2. The average Bonchev–Trinajstić information content (AvgIpc) is 2.85. The van der Waals surface area contributed by atoms with Crippen molar-refractivity contribution in [2.24, 2.45) is 5.10 Å². The first-order chi connectivity index (χ1) is 16.9. The van der Waals surface area contributed by atoms with Crippen LogP contribution in [0.4, 0.5) is 5.69 Å². The summed E-state index contributed by atoms with van der Waals surface area (Å²) in [5, 5.41) is 9.12. The molecule has 0 aromatic heterocycles. The third-order valence-electron chi connectivity index (χ3n) is 4.65. The first-order valence-electron chi connectivity index (χ1n) is 11.4. The topological polar surface area (TPSA) is 127 Å². The Morgan fingerprint density at radius 1 is 0.914 bits per heavy atom. The molecule has 35 heavy (non-hydrogen) atoms. The lowest BCUT2D eigenvalue weighted by Crippen LogP contribution is -2.41. The quantitative estimate of drug-likeness (QED) is 0.242. The predicted octanol–water partition coefficient (Wildman–Crippen LogP) is 2.87. The molecule has 0 aliphatic carbocycles. The molecule has 10 heteroatoms. The standard InChI is InChI=1S/C25H32N4O6/c1-5-17(4)27-24(31)25(32)29-26-15-18-8-13-21(22(14-18)34-7-3)35-16-23(30)28-19-9-11-20(12-10-19)33-6-2/h8-15,17H,5-7,16H2,1-4H3,(H,27,31)(H,28,30)(H,29,32)/b26-15-/t17-/m1/s1. The molecular formula is C25H32N4O6. The number of benzene rings is 2. The molecule has 0 unspecified atom stereocenters. The molecule has 0 aliphatic rings. The third-order valence-corrected chi connectivity index (χ3v) is 4.65. The van der Waals surface area contributed by atoms with Crippen LogP contribution in [0.3, 0.4) is 0 Å². The number of amides is 3. The molecule has 10 nitrogen and oxygen atoms in total. The Labute approximate surface area is 205 Å². The van der Waals surface area contributed by atoms with Crippen molar-refractivity contribution in [1.82, 2.24) is 10.7 Å². The van der Waals surface area contributed by atoms with Crippen molar-refractivity contribution in [3.8, 4) is 17.2 Å². The van der Waals surface area contributed by atoms with E-state index < -0.39 is 11.8 Å². The summed E-state index contributed by atoms with van der Waals surface area (Å²) in [7, 11) is 0. The number of hydrogen-bond acceptors (Lipinski definition) is 7. The molecule has 2 aromatic carbocycles. The summed E-state index contributed by atoms with van der Waals surface area (Å²) < 4.78 is 16.6. The summed E-state index contributed by atoms with van der Waals surface area (Å²) in [5.41, 5.74) is 3.41. The number of hydrazone groups is 1. The Balaban J connectivity index is 1.93. The number of nitrogens with zero attached hydrogens (tertiary/aromatic N) is 1. The highest BCUT2D eigenvalue weighted by Gasteiger charge is 2.14. The SMILES string of the molecule is CCOc1ccc(NC(=O)COc2ccc(/C=N\NC(=O)C(=O)N[C@H](C)CC)cc2OCC)cc1. The van der Waals surface area contributed by atoms with E-state index in [0.29, 0.717) is 42.4 Å². The zero-order chi connectivity index (χ0) is 25.6. The number of carbonyl (C=O) groups is 3. The smallest absolute Gasteiger partial charge is 0.329 e. The van der Waals surface area contributed by atoms with Gasteiger partial charge in [0.25, 0.3) is 5.91 Å². The first-order valence-corrected chi connectivity index (χ1v) is 11.4. The van der Waals surface area contributed by atoms with E-state index in [9.17, 15) is 14.4 Å². The summed E-state index contributed by atoms with van der Waals surface area (Å²) in [5.74, 6) is -0.431. The van der Waals surface area contributed by atoms with Crippen molar-refractivity contribution in [1.29, 1.82) is 0 Å². The fourth-order valence-electron chi connectivity index (χ4n) is 2.74. The molecule has 0 saturated carbocycles. The van der Waals surface area contributed by atoms with Crippen molar-refractivity contribution < 1.29 is 28.6 Å². The van der Waals surface area contributed by atoms with Crippen LogP contribution in [0.15, 0.2) is 47.6 Å². The molecule has 0 heterocycles. The maximum absolute atomic E-state index is 12.3. The van der Waals surface area contributed by atoms with Gasteiger partial charge < -0.3 is 24.8 Å². The highest BCUT2D eigenvalue weighted by atomic mass is 16.5. The van der Waals surface area contributed by atoms with Gasteiger partial charge in [0.05, 0.1) is 19.4 Å². The van der Waals surface area contributed by atoms with E-state index in [1.54, 1.807) is 49.4 Å². The molecule has 188 valence electrons. The van der Waals surface area contributed by atoms with Gasteiger partial charge in [0.1, 0.15) is 5.75 Å². The second kappa shape index (κ2) is 14.2. The van der Waals surface area contributed by atoms with Crippen LogP contribution in [-0.4, -0.2) is 49.8 Å². The van der Waals surface area contributed by atoms with Gasteiger partial charge in [-0.25, -0.2) is 5.43 Å². The zero-order valence-electron chi connectivity index (χ0n) is 20.4. The number of carbonyl (C=O) groups excluding carboxylic acids is 3. The van der Waals surface area contributed by atoms with E-state index >= 15 is 0 Å². The highest BCUT2D eigenvalue weighted by Crippen LogP contribution is 2.28. The molecule has 2 aromatic rings. The number of rotatable bonds is 12. The van der Waals surface area contributed by atoms with Gasteiger partial charge in [-0.1, -0.05) is 6.92 Å². The van der Waals surface area contributed by atoms with Gasteiger partial charge in [-0.3, -0.25) is 14.4 Å². The zero-order valence-corrected chi connectivity index (χ0v) is 20.4. The number of hydrogen-bond donors (Lipinski definition) is 3. The van der Waals surface area contributed by atoms with Gasteiger partial charge >= 0.3 is 11.8 Å². The van der Waals surface area contributed by atoms with E-state index in [-0.39, 0.29) is 18.6 Å². The summed E-state index contributed by atoms with van der Waals surface area (Å²) in [6.45, 7) is 8.14. The minimum absolute atomic E-state index is 0.110.